The molecule has 0 bridgehead atoms. The first-order chi connectivity index (χ1) is 7.84. The van der Waals surface area contributed by atoms with Gasteiger partial charge in [-0.05, 0) is 19.1 Å². The molecule has 2 aromatic heterocycles. The number of hydrogen-bond acceptors (Lipinski definition) is 2. The fourth-order valence-electron chi connectivity index (χ4n) is 1.85. The Morgan fingerprint density at radius 2 is 2.19 bits per heavy atom. The smallest absolute Gasteiger partial charge is 0.134 e. The third-order valence-electron chi connectivity index (χ3n) is 2.83. The normalized spacial score (nSPS) is 13.1. The summed E-state index contributed by atoms with van der Waals surface area (Å²) in [6.07, 6.45) is 5.52. The van der Waals surface area contributed by atoms with Gasteiger partial charge in [0.2, 0.25) is 0 Å². The van der Waals surface area contributed by atoms with Crippen LogP contribution >= 0.6 is 0 Å². The third kappa shape index (κ3) is 1.41. The van der Waals surface area contributed by atoms with Gasteiger partial charge in [-0.25, -0.2) is 4.98 Å². The highest BCUT2D eigenvalue weighted by atomic mass is 16.3. The molecule has 1 aromatic carbocycles. The van der Waals surface area contributed by atoms with E-state index in [9.17, 15) is 0 Å². The van der Waals surface area contributed by atoms with Gasteiger partial charge in [0.15, 0.2) is 0 Å². The molecule has 0 N–H and O–H groups in total. The lowest BCUT2D eigenvalue weighted by atomic mass is 10.2. The highest BCUT2D eigenvalue weighted by molar-refractivity contribution is 5.77. The Hall–Kier alpha value is -2.03. The molecule has 1 atom stereocenters. The zero-order valence-electron chi connectivity index (χ0n) is 9.00. The predicted octanol–water partition coefficient (Wildman–Crippen LogP) is 3.24. The largest absolute Gasteiger partial charge is 0.459 e. The Bertz CT molecular complexity index is 562. The summed E-state index contributed by atoms with van der Waals surface area (Å²) in [6.45, 7) is 2.10. The van der Waals surface area contributed by atoms with Gasteiger partial charge in [-0.3, -0.25) is 0 Å². The van der Waals surface area contributed by atoms with Gasteiger partial charge in [0.05, 0.1) is 12.4 Å². The number of aromatic nitrogens is 2. The van der Waals surface area contributed by atoms with Crippen LogP contribution in [0.1, 0.15) is 18.7 Å². The van der Waals surface area contributed by atoms with Crippen LogP contribution in [0, 0.1) is 0 Å². The van der Waals surface area contributed by atoms with Crippen LogP contribution in [-0.4, -0.2) is 9.55 Å². The Labute approximate surface area is 93.3 Å². The second-order valence-electron chi connectivity index (χ2n) is 3.87. The number of benzene rings is 1. The third-order valence-corrected chi connectivity index (χ3v) is 2.83. The van der Waals surface area contributed by atoms with Gasteiger partial charge in [-0.15, -0.1) is 0 Å². The number of hydrogen-bond donors (Lipinski definition) is 0. The van der Waals surface area contributed by atoms with Crippen molar-refractivity contribution >= 4 is 11.0 Å². The number of imidazole rings is 1. The van der Waals surface area contributed by atoms with Crippen LogP contribution in [-0.2, 0) is 0 Å². The summed E-state index contributed by atoms with van der Waals surface area (Å²) in [5, 5.41) is 1.14. The number of furan rings is 1. The minimum absolute atomic E-state index is 0.176. The summed E-state index contributed by atoms with van der Waals surface area (Å²) >= 11 is 0. The Kier molecular flexibility index (Phi) is 2.03. The fourth-order valence-corrected chi connectivity index (χ4v) is 1.85. The molecule has 16 heavy (non-hydrogen) atoms. The molecule has 3 nitrogen and oxygen atoms in total. The lowest BCUT2D eigenvalue weighted by Crippen LogP contribution is -2.02. The molecule has 0 aliphatic carbocycles. The molecule has 0 fully saturated rings. The van der Waals surface area contributed by atoms with Crippen LogP contribution < -0.4 is 0 Å². The fraction of sp³-hybridized carbons (Fsp3) is 0.154. The van der Waals surface area contributed by atoms with Gasteiger partial charge in [-0.2, -0.15) is 0 Å². The zero-order chi connectivity index (χ0) is 11.0. The SMILES string of the molecule is CC(c1cc2ccccc2o1)n1ccnc1. The van der Waals surface area contributed by atoms with Gasteiger partial charge < -0.3 is 8.98 Å². The average Bonchev–Trinajstić information content (AvgIpc) is 2.97. The molecule has 80 valence electrons. The summed E-state index contributed by atoms with van der Waals surface area (Å²) in [5.41, 5.74) is 0.935. The second kappa shape index (κ2) is 3.52. The maximum atomic E-state index is 5.80. The number of fused-ring (bicyclic) bond motifs is 1. The zero-order valence-corrected chi connectivity index (χ0v) is 9.00. The van der Waals surface area contributed by atoms with Crippen LogP contribution in [0.25, 0.3) is 11.0 Å². The summed E-state index contributed by atoms with van der Waals surface area (Å²) < 4.78 is 7.83. The Morgan fingerprint density at radius 1 is 1.31 bits per heavy atom. The highest BCUT2D eigenvalue weighted by Crippen LogP contribution is 2.25. The molecule has 0 aliphatic heterocycles. The first-order valence-electron chi connectivity index (χ1n) is 5.30. The number of rotatable bonds is 2. The maximum absolute atomic E-state index is 5.80. The number of para-hydroxylation sites is 1. The molecule has 0 amide bonds. The minimum Gasteiger partial charge on any atom is -0.459 e. The molecular weight excluding hydrogens is 200 g/mol. The molecule has 3 aromatic rings. The maximum Gasteiger partial charge on any atom is 0.134 e. The van der Waals surface area contributed by atoms with E-state index in [2.05, 4.69) is 24.0 Å². The first kappa shape index (κ1) is 9.21. The van der Waals surface area contributed by atoms with E-state index >= 15 is 0 Å². The van der Waals surface area contributed by atoms with Crippen molar-refractivity contribution in [3.05, 3.63) is 54.8 Å². The van der Waals surface area contributed by atoms with E-state index in [-0.39, 0.29) is 6.04 Å². The van der Waals surface area contributed by atoms with Crippen LogP contribution in [0.15, 0.2) is 53.5 Å². The average molecular weight is 212 g/mol. The summed E-state index contributed by atoms with van der Waals surface area (Å²) in [5.74, 6) is 0.958. The molecule has 0 saturated carbocycles. The van der Waals surface area contributed by atoms with Gasteiger partial charge in [0.1, 0.15) is 11.3 Å². The van der Waals surface area contributed by atoms with E-state index in [0.717, 1.165) is 16.7 Å². The van der Waals surface area contributed by atoms with Crippen molar-refractivity contribution in [2.45, 2.75) is 13.0 Å². The molecule has 0 saturated heterocycles. The molecule has 0 spiro atoms. The van der Waals surface area contributed by atoms with Gasteiger partial charge >= 0.3 is 0 Å². The van der Waals surface area contributed by atoms with Crippen molar-refractivity contribution in [1.29, 1.82) is 0 Å². The van der Waals surface area contributed by atoms with E-state index in [0.29, 0.717) is 0 Å². The van der Waals surface area contributed by atoms with E-state index in [1.807, 2.05) is 29.0 Å². The molecular formula is C13H12N2O. The minimum atomic E-state index is 0.176. The topological polar surface area (TPSA) is 31.0 Å². The number of nitrogens with zero attached hydrogens (tertiary/aromatic N) is 2. The van der Waals surface area contributed by atoms with Crippen LogP contribution in [0.3, 0.4) is 0 Å². The molecule has 2 heterocycles. The highest BCUT2D eigenvalue weighted by Gasteiger charge is 2.12. The molecule has 1 unspecified atom stereocenters. The van der Waals surface area contributed by atoms with Gasteiger partial charge in [-0.1, -0.05) is 18.2 Å². The van der Waals surface area contributed by atoms with Crippen molar-refractivity contribution in [3.8, 4) is 0 Å². The van der Waals surface area contributed by atoms with Crippen LogP contribution in [0.2, 0.25) is 0 Å². The quantitative estimate of drug-likeness (QED) is 0.653. The predicted molar refractivity (Wildman–Crippen MR) is 62.3 cm³/mol. The lowest BCUT2D eigenvalue weighted by Gasteiger charge is -2.08. The van der Waals surface area contributed by atoms with E-state index < -0.39 is 0 Å². The standard InChI is InChI=1S/C13H12N2O/c1-10(15-7-6-14-9-15)13-8-11-4-2-3-5-12(11)16-13/h2-10H,1H3. The Morgan fingerprint density at radius 3 is 2.94 bits per heavy atom. The summed E-state index contributed by atoms with van der Waals surface area (Å²) in [6, 6.07) is 10.3. The van der Waals surface area contributed by atoms with Gasteiger partial charge in [0.25, 0.3) is 0 Å². The monoisotopic (exact) mass is 212 g/mol. The molecule has 3 heteroatoms. The van der Waals surface area contributed by atoms with E-state index in [1.165, 1.54) is 0 Å². The molecule has 0 radical (unpaired) electrons. The van der Waals surface area contributed by atoms with Gasteiger partial charge in [0, 0.05) is 17.8 Å². The van der Waals surface area contributed by atoms with Crippen molar-refractivity contribution in [1.82, 2.24) is 9.55 Å². The van der Waals surface area contributed by atoms with Crippen molar-refractivity contribution in [2.75, 3.05) is 0 Å². The van der Waals surface area contributed by atoms with Crippen molar-refractivity contribution in [2.24, 2.45) is 0 Å². The van der Waals surface area contributed by atoms with Crippen LogP contribution in [0.5, 0.6) is 0 Å². The van der Waals surface area contributed by atoms with E-state index in [1.54, 1.807) is 12.5 Å². The lowest BCUT2D eigenvalue weighted by molar-refractivity contribution is 0.470. The first-order valence-corrected chi connectivity index (χ1v) is 5.30. The summed E-state index contributed by atoms with van der Waals surface area (Å²) in [4.78, 5) is 4.04. The molecule has 3 rings (SSSR count). The van der Waals surface area contributed by atoms with Crippen molar-refractivity contribution < 1.29 is 4.42 Å². The van der Waals surface area contributed by atoms with Crippen molar-refractivity contribution in [3.63, 3.8) is 0 Å². The Balaban J connectivity index is 2.06. The van der Waals surface area contributed by atoms with E-state index in [4.69, 9.17) is 4.42 Å². The second-order valence-corrected chi connectivity index (χ2v) is 3.87. The molecule has 0 aliphatic rings. The summed E-state index contributed by atoms with van der Waals surface area (Å²) in [7, 11) is 0. The van der Waals surface area contributed by atoms with Crippen LogP contribution in [0.4, 0.5) is 0 Å².